The number of ether oxygens (including phenoxy) is 2. The fourth-order valence-corrected chi connectivity index (χ4v) is 7.02. The number of phosphoric ester groups is 1. The van der Waals surface area contributed by atoms with E-state index in [0.29, 0.717) is 6.42 Å². The molecule has 0 rings (SSSR count). The van der Waals surface area contributed by atoms with Crippen molar-refractivity contribution in [3.63, 3.8) is 0 Å². The number of hydrogen-bond acceptors (Lipinski definition) is 6. The molecule has 0 fully saturated rings. The SMILES string of the molecule is CCCCCCCC/C=C\CCCCCCCCCC(=O)OC[C@H](COP(=O)(O)O)OC(=O)CCCCCCCCCCCCCCCCCCCC. The minimum atomic E-state index is -4.75. The number of carbonyl (C=O) groups excluding carboxylic acids is 2. The maximum atomic E-state index is 12.4. The second-order valence-corrected chi connectivity index (χ2v) is 16.6. The molecule has 0 heterocycles. The van der Waals surface area contributed by atoms with Gasteiger partial charge in [-0.05, 0) is 38.5 Å². The molecule has 0 saturated heterocycles. The Morgan fingerprint density at radius 2 is 0.792 bits per heavy atom. The van der Waals surface area contributed by atoms with E-state index in [4.69, 9.17) is 19.3 Å². The molecule has 8 nitrogen and oxygen atoms in total. The van der Waals surface area contributed by atoms with Crippen LogP contribution in [-0.2, 0) is 28.2 Å². The highest BCUT2D eigenvalue weighted by Gasteiger charge is 2.23. The van der Waals surface area contributed by atoms with Gasteiger partial charge in [0.05, 0.1) is 6.61 Å². The lowest BCUT2D eigenvalue weighted by Crippen LogP contribution is -2.29. The zero-order valence-electron chi connectivity index (χ0n) is 34.7. The average molecular weight is 773 g/mol. The zero-order valence-corrected chi connectivity index (χ0v) is 35.6. The maximum absolute atomic E-state index is 12.4. The summed E-state index contributed by atoms with van der Waals surface area (Å²) in [6, 6.07) is 0. The number of allylic oxidation sites excluding steroid dienone is 2. The molecule has 0 aliphatic heterocycles. The predicted octanol–water partition coefficient (Wildman–Crippen LogP) is 13.8. The van der Waals surface area contributed by atoms with Crippen molar-refractivity contribution in [2.24, 2.45) is 0 Å². The molecule has 2 N–H and O–H groups in total. The van der Waals surface area contributed by atoms with Crippen LogP contribution in [0, 0.1) is 0 Å². The number of unbranched alkanes of at least 4 members (excludes halogenated alkanes) is 30. The highest BCUT2D eigenvalue weighted by Crippen LogP contribution is 2.36. The highest BCUT2D eigenvalue weighted by atomic mass is 31.2. The van der Waals surface area contributed by atoms with Crippen LogP contribution in [0.4, 0.5) is 0 Å². The summed E-state index contributed by atoms with van der Waals surface area (Å²) in [6.07, 6.45) is 45.0. The fourth-order valence-electron chi connectivity index (χ4n) is 6.66. The molecule has 0 aromatic carbocycles. The van der Waals surface area contributed by atoms with Crippen LogP contribution in [0.1, 0.15) is 239 Å². The second-order valence-electron chi connectivity index (χ2n) is 15.4. The number of phosphoric acid groups is 1. The first kappa shape index (κ1) is 51.8. The molecule has 0 radical (unpaired) electrons. The Hall–Kier alpha value is -1.21. The molecule has 314 valence electrons. The van der Waals surface area contributed by atoms with Crippen molar-refractivity contribution in [3.8, 4) is 0 Å². The largest absolute Gasteiger partial charge is 0.469 e. The van der Waals surface area contributed by atoms with Gasteiger partial charge < -0.3 is 19.3 Å². The molecule has 0 amide bonds. The zero-order chi connectivity index (χ0) is 38.9. The van der Waals surface area contributed by atoms with Gasteiger partial charge in [0, 0.05) is 12.8 Å². The molecule has 0 saturated carbocycles. The standard InChI is InChI=1S/C44H85O8P/c1-3-5-7-9-11-13-15-17-19-21-23-25-27-29-31-33-35-37-39-44(46)52-42(41-51-53(47,48)49)40-50-43(45)38-36-34-32-30-28-26-24-22-20-18-16-14-12-10-8-6-4-2/h18,20,42H,3-17,19,21-41H2,1-2H3,(H2,47,48,49)/b20-18-/t42-/m1/s1. The quantitative estimate of drug-likeness (QED) is 0.0272. The second kappa shape index (κ2) is 40.5. The van der Waals surface area contributed by atoms with Gasteiger partial charge in [0.1, 0.15) is 6.61 Å². The van der Waals surface area contributed by atoms with E-state index < -0.39 is 32.5 Å². The van der Waals surface area contributed by atoms with Gasteiger partial charge in [-0.2, -0.15) is 0 Å². The Balaban J connectivity index is 3.85. The molecule has 0 unspecified atom stereocenters. The third-order valence-corrected chi connectivity index (χ3v) is 10.5. The molecule has 0 spiro atoms. The van der Waals surface area contributed by atoms with Gasteiger partial charge in [-0.1, -0.05) is 199 Å². The minimum Gasteiger partial charge on any atom is -0.462 e. The third-order valence-electron chi connectivity index (χ3n) is 10.0. The van der Waals surface area contributed by atoms with Gasteiger partial charge in [-0.15, -0.1) is 0 Å². The normalized spacial score (nSPS) is 12.5. The van der Waals surface area contributed by atoms with Crippen LogP contribution in [0.2, 0.25) is 0 Å². The summed E-state index contributed by atoms with van der Waals surface area (Å²) < 4.78 is 26.4. The van der Waals surface area contributed by atoms with Crippen LogP contribution in [-0.4, -0.2) is 41.0 Å². The number of rotatable bonds is 42. The Bertz CT molecular complexity index is 873. The Morgan fingerprint density at radius 1 is 0.472 bits per heavy atom. The van der Waals surface area contributed by atoms with E-state index in [1.165, 1.54) is 161 Å². The minimum absolute atomic E-state index is 0.217. The van der Waals surface area contributed by atoms with E-state index in [1.54, 1.807) is 0 Å². The third kappa shape index (κ3) is 43.4. The predicted molar refractivity (Wildman–Crippen MR) is 221 cm³/mol. The van der Waals surface area contributed by atoms with Crippen LogP contribution in [0.5, 0.6) is 0 Å². The van der Waals surface area contributed by atoms with Gasteiger partial charge in [-0.3, -0.25) is 14.1 Å². The fraction of sp³-hybridized carbons (Fsp3) is 0.909. The highest BCUT2D eigenvalue weighted by molar-refractivity contribution is 7.46. The molecule has 0 aromatic heterocycles. The lowest BCUT2D eigenvalue weighted by molar-refractivity contribution is -0.161. The van der Waals surface area contributed by atoms with E-state index >= 15 is 0 Å². The van der Waals surface area contributed by atoms with E-state index in [1.807, 2.05) is 0 Å². The van der Waals surface area contributed by atoms with Crippen LogP contribution < -0.4 is 0 Å². The molecule has 1 atom stereocenters. The summed E-state index contributed by atoms with van der Waals surface area (Å²) in [4.78, 5) is 42.9. The molecular formula is C44H85O8P. The van der Waals surface area contributed by atoms with Crippen LogP contribution in [0.15, 0.2) is 12.2 Å². The summed E-state index contributed by atoms with van der Waals surface area (Å²) in [6.45, 7) is 3.71. The summed E-state index contributed by atoms with van der Waals surface area (Å²) in [5.41, 5.74) is 0. The van der Waals surface area contributed by atoms with Crippen molar-refractivity contribution in [1.29, 1.82) is 0 Å². The van der Waals surface area contributed by atoms with E-state index in [2.05, 4.69) is 30.5 Å². The maximum Gasteiger partial charge on any atom is 0.469 e. The van der Waals surface area contributed by atoms with Gasteiger partial charge in [-0.25, -0.2) is 4.57 Å². The lowest BCUT2D eigenvalue weighted by atomic mass is 10.0. The Labute approximate surface area is 327 Å². The molecule has 0 aromatic rings. The number of hydrogen-bond donors (Lipinski definition) is 2. The molecule has 53 heavy (non-hydrogen) atoms. The molecular weight excluding hydrogens is 687 g/mol. The topological polar surface area (TPSA) is 119 Å². The van der Waals surface area contributed by atoms with Crippen molar-refractivity contribution in [2.45, 2.75) is 245 Å². The average Bonchev–Trinajstić information content (AvgIpc) is 3.13. The van der Waals surface area contributed by atoms with Crippen LogP contribution in [0.3, 0.4) is 0 Å². The first-order valence-corrected chi connectivity index (χ1v) is 24.0. The van der Waals surface area contributed by atoms with Crippen molar-refractivity contribution >= 4 is 19.8 Å². The first-order chi connectivity index (χ1) is 25.8. The van der Waals surface area contributed by atoms with Crippen molar-refractivity contribution in [2.75, 3.05) is 13.2 Å². The smallest absolute Gasteiger partial charge is 0.462 e. The van der Waals surface area contributed by atoms with Crippen LogP contribution >= 0.6 is 7.82 Å². The summed E-state index contributed by atoms with van der Waals surface area (Å²) in [5.74, 6) is -0.875. The van der Waals surface area contributed by atoms with E-state index in [0.717, 1.165) is 44.9 Å². The van der Waals surface area contributed by atoms with E-state index in [9.17, 15) is 14.2 Å². The van der Waals surface area contributed by atoms with Crippen molar-refractivity contribution in [3.05, 3.63) is 12.2 Å². The van der Waals surface area contributed by atoms with Gasteiger partial charge >= 0.3 is 19.8 Å². The Morgan fingerprint density at radius 3 is 1.15 bits per heavy atom. The van der Waals surface area contributed by atoms with Gasteiger partial charge in [0.25, 0.3) is 0 Å². The van der Waals surface area contributed by atoms with Gasteiger partial charge in [0.2, 0.25) is 0 Å². The molecule has 0 aliphatic rings. The van der Waals surface area contributed by atoms with Crippen molar-refractivity contribution < 1.29 is 37.9 Å². The number of carbonyl (C=O) groups is 2. The molecule has 9 heteroatoms. The van der Waals surface area contributed by atoms with Crippen molar-refractivity contribution in [1.82, 2.24) is 0 Å². The number of esters is 2. The summed E-state index contributed by atoms with van der Waals surface area (Å²) in [7, 11) is -4.75. The van der Waals surface area contributed by atoms with E-state index in [-0.39, 0.29) is 19.4 Å². The molecule has 0 bridgehead atoms. The first-order valence-electron chi connectivity index (χ1n) is 22.5. The monoisotopic (exact) mass is 773 g/mol. The lowest BCUT2D eigenvalue weighted by Gasteiger charge is -2.18. The van der Waals surface area contributed by atoms with Gasteiger partial charge in [0.15, 0.2) is 6.10 Å². The molecule has 0 aliphatic carbocycles. The summed E-state index contributed by atoms with van der Waals surface area (Å²) >= 11 is 0. The van der Waals surface area contributed by atoms with Crippen LogP contribution in [0.25, 0.3) is 0 Å². The summed E-state index contributed by atoms with van der Waals surface area (Å²) in [5, 5.41) is 0. The Kier molecular flexibility index (Phi) is 39.5.